The summed E-state index contributed by atoms with van der Waals surface area (Å²) in [6.45, 7) is 2.63. The topological polar surface area (TPSA) is 58.9 Å². The van der Waals surface area contributed by atoms with Crippen LogP contribution in [0, 0.1) is 11.8 Å². The highest BCUT2D eigenvalue weighted by atomic mass is 16.1. The van der Waals surface area contributed by atoms with Crippen molar-refractivity contribution in [2.45, 2.75) is 51.5 Å². The summed E-state index contributed by atoms with van der Waals surface area (Å²) in [7, 11) is 0. The van der Waals surface area contributed by atoms with E-state index in [-0.39, 0.29) is 12.0 Å². The third-order valence-corrected chi connectivity index (χ3v) is 3.64. The van der Waals surface area contributed by atoms with E-state index in [2.05, 4.69) is 16.9 Å². The lowest BCUT2D eigenvalue weighted by Crippen LogP contribution is -2.30. The van der Waals surface area contributed by atoms with Gasteiger partial charge >= 0.3 is 0 Å². The molecular weight excluding hydrogens is 216 g/mol. The van der Waals surface area contributed by atoms with Crippen LogP contribution in [-0.2, 0) is 9.59 Å². The van der Waals surface area contributed by atoms with Crippen molar-refractivity contribution in [3.63, 3.8) is 0 Å². The molecule has 3 atom stereocenters. The summed E-state index contributed by atoms with van der Waals surface area (Å²) in [6, 6.07) is 0.000191. The van der Waals surface area contributed by atoms with Crippen LogP contribution in [-0.4, -0.2) is 24.7 Å². The van der Waals surface area contributed by atoms with Crippen LogP contribution in [0.4, 0.5) is 0 Å². The number of unbranched alkanes of at least 4 members (excludes halogenated alkanes) is 1. The highest BCUT2D eigenvalue weighted by Gasteiger charge is 2.29. The van der Waals surface area contributed by atoms with Gasteiger partial charge in [-0.25, -0.2) is 19.6 Å². The van der Waals surface area contributed by atoms with Crippen LogP contribution >= 0.6 is 0 Å². The summed E-state index contributed by atoms with van der Waals surface area (Å²) in [5.74, 6) is 0.879. The number of nitrogens with zero attached hydrogens (tertiary/aromatic N) is 2. The van der Waals surface area contributed by atoms with Crippen molar-refractivity contribution in [1.82, 2.24) is 0 Å². The minimum atomic E-state index is 0.000191. The molecule has 1 fully saturated rings. The van der Waals surface area contributed by atoms with Gasteiger partial charge in [-0.3, -0.25) is 0 Å². The van der Waals surface area contributed by atoms with Gasteiger partial charge in [-0.15, -0.1) is 0 Å². The molecule has 0 saturated heterocycles. The first-order chi connectivity index (χ1) is 8.31. The van der Waals surface area contributed by atoms with E-state index >= 15 is 0 Å². The smallest absolute Gasteiger partial charge is 0.211 e. The fourth-order valence-electron chi connectivity index (χ4n) is 2.64. The molecule has 4 heteroatoms. The van der Waals surface area contributed by atoms with Gasteiger partial charge in [-0.1, -0.05) is 26.2 Å². The minimum Gasteiger partial charge on any atom is -0.211 e. The van der Waals surface area contributed by atoms with Crippen molar-refractivity contribution in [2.24, 2.45) is 21.8 Å². The SMILES string of the molecule is CCCCC1CCC(CN=C=O)C(N=C=O)C1. The van der Waals surface area contributed by atoms with Crippen molar-refractivity contribution in [1.29, 1.82) is 0 Å². The second kappa shape index (κ2) is 7.94. The Morgan fingerprint density at radius 1 is 1.24 bits per heavy atom. The lowest BCUT2D eigenvalue weighted by atomic mass is 9.76. The Balaban J connectivity index is 2.53. The number of aliphatic imine (C=N–C) groups is 2. The fourth-order valence-corrected chi connectivity index (χ4v) is 2.64. The first-order valence-electron chi connectivity index (χ1n) is 6.42. The van der Waals surface area contributed by atoms with Crippen molar-refractivity contribution in [3.8, 4) is 0 Å². The van der Waals surface area contributed by atoms with Crippen molar-refractivity contribution in [2.75, 3.05) is 6.54 Å². The van der Waals surface area contributed by atoms with Gasteiger partial charge in [0.15, 0.2) is 0 Å². The van der Waals surface area contributed by atoms with E-state index in [1.165, 1.54) is 19.3 Å². The maximum absolute atomic E-state index is 10.4. The van der Waals surface area contributed by atoms with E-state index in [0.29, 0.717) is 12.5 Å². The largest absolute Gasteiger partial charge is 0.235 e. The van der Waals surface area contributed by atoms with Crippen molar-refractivity contribution >= 4 is 12.2 Å². The predicted molar refractivity (Wildman–Crippen MR) is 65.3 cm³/mol. The second-order valence-electron chi connectivity index (χ2n) is 4.80. The Labute approximate surface area is 102 Å². The average molecular weight is 236 g/mol. The molecule has 0 aromatic heterocycles. The molecule has 0 aliphatic heterocycles. The van der Waals surface area contributed by atoms with Crippen LogP contribution < -0.4 is 0 Å². The van der Waals surface area contributed by atoms with Gasteiger partial charge in [0.1, 0.15) is 0 Å². The molecule has 0 aromatic rings. The highest BCUT2D eigenvalue weighted by Crippen LogP contribution is 2.34. The van der Waals surface area contributed by atoms with Crippen LogP contribution in [0.15, 0.2) is 9.98 Å². The van der Waals surface area contributed by atoms with Gasteiger partial charge in [0.2, 0.25) is 12.2 Å². The molecule has 1 rings (SSSR count). The van der Waals surface area contributed by atoms with E-state index < -0.39 is 0 Å². The maximum Gasteiger partial charge on any atom is 0.235 e. The molecule has 1 aliphatic rings. The number of hydrogen-bond acceptors (Lipinski definition) is 4. The molecule has 1 saturated carbocycles. The molecule has 4 nitrogen and oxygen atoms in total. The zero-order valence-corrected chi connectivity index (χ0v) is 10.4. The minimum absolute atomic E-state index is 0.000191. The number of carbonyl (C=O) groups excluding carboxylic acids is 2. The Kier molecular flexibility index (Phi) is 6.46. The molecule has 17 heavy (non-hydrogen) atoms. The average Bonchev–Trinajstić information content (AvgIpc) is 2.35. The summed E-state index contributed by atoms with van der Waals surface area (Å²) in [5, 5.41) is 0. The molecule has 0 spiro atoms. The van der Waals surface area contributed by atoms with Crippen molar-refractivity contribution in [3.05, 3.63) is 0 Å². The van der Waals surface area contributed by atoms with E-state index in [4.69, 9.17) is 0 Å². The van der Waals surface area contributed by atoms with Crippen LogP contribution in [0.2, 0.25) is 0 Å². The van der Waals surface area contributed by atoms with Gasteiger partial charge in [0.25, 0.3) is 0 Å². The highest BCUT2D eigenvalue weighted by molar-refractivity contribution is 5.34. The van der Waals surface area contributed by atoms with Crippen LogP contribution in [0.5, 0.6) is 0 Å². The van der Waals surface area contributed by atoms with Gasteiger partial charge in [0.05, 0.1) is 12.6 Å². The quantitative estimate of drug-likeness (QED) is 0.525. The number of hydrogen-bond donors (Lipinski definition) is 0. The molecule has 0 aromatic carbocycles. The van der Waals surface area contributed by atoms with E-state index in [0.717, 1.165) is 19.3 Å². The lowest BCUT2D eigenvalue weighted by Gasteiger charge is -2.32. The molecule has 0 heterocycles. The first-order valence-corrected chi connectivity index (χ1v) is 6.42. The standard InChI is InChI=1S/C13H20N2O2/c1-2-3-4-11-5-6-12(8-14-9-16)13(7-11)15-10-17/h11-13H,2-8H2,1H3. The molecule has 3 unspecified atom stereocenters. The summed E-state index contributed by atoms with van der Waals surface area (Å²) >= 11 is 0. The Bertz CT molecular complexity index is 317. The van der Waals surface area contributed by atoms with Gasteiger partial charge in [0, 0.05) is 5.92 Å². The molecule has 0 amide bonds. The molecule has 0 radical (unpaired) electrons. The number of isocyanates is 2. The third kappa shape index (κ3) is 4.64. The van der Waals surface area contributed by atoms with Crippen LogP contribution in [0.25, 0.3) is 0 Å². The first kappa shape index (κ1) is 13.8. The van der Waals surface area contributed by atoms with Crippen molar-refractivity contribution < 1.29 is 9.59 Å². The maximum atomic E-state index is 10.4. The molecule has 0 bridgehead atoms. The summed E-state index contributed by atoms with van der Waals surface area (Å²) in [5.41, 5.74) is 0. The molecular formula is C13H20N2O2. The van der Waals surface area contributed by atoms with E-state index in [1.54, 1.807) is 12.2 Å². The summed E-state index contributed by atoms with van der Waals surface area (Å²) in [4.78, 5) is 28.0. The molecule has 0 N–H and O–H groups in total. The Morgan fingerprint density at radius 3 is 2.71 bits per heavy atom. The second-order valence-corrected chi connectivity index (χ2v) is 4.80. The van der Waals surface area contributed by atoms with Gasteiger partial charge in [-0.05, 0) is 25.2 Å². The third-order valence-electron chi connectivity index (χ3n) is 3.64. The molecule has 1 aliphatic carbocycles. The van der Waals surface area contributed by atoms with Gasteiger partial charge in [-0.2, -0.15) is 0 Å². The number of rotatable bonds is 6. The summed E-state index contributed by atoms with van der Waals surface area (Å²) in [6.07, 6.45) is 9.96. The Morgan fingerprint density at radius 2 is 2.06 bits per heavy atom. The monoisotopic (exact) mass is 236 g/mol. The Hall–Kier alpha value is -1.24. The zero-order valence-electron chi connectivity index (χ0n) is 10.4. The van der Waals surface area contributed by atoms with Crippen LogP contribution in [0.1, 0.15) is 45.4 Å². The summed E-state index contributed by atoms with van der Waals surface area (Å²) < 4.78 is 0. The lowest BCUT2D eigenvalue weighted by molar-refractivity contribution is 0.231. The van der Waals surface area contributed by atoms with E-state index in [1.807, 2.05) is 0 Å². The van der Waals surface area contributed by atoms with Crippen LogP contribution in [0.3, 0.4) is 0 Å². The van der Waals surface area contributed by atoms with E-state index in [9.17, 15) is 9.59 Å². The predicted octanol–water partition coefficient (Wildman–Crippen LogP) is 2.63. The van der Waals surface area contributed by atoms with Gasteiger partial charge < -0.3 is 0 Å². The fraction of sp³-hybridized carbons (Fsp3) is 0.846. The normalized spacial score (nSPS) is 27.9. The zero-order chi connectivity index (χ0) is 12.5. The molecule has 94 valence electrons.